The molecule has 0 saturated carbocycles. The Kier molecular flexibility index (Phi) is 5.15. The molecule has 0 fully saturated rings. The Balaban J connectivity index is 1.93. The molecule has 2 aromatic heterocycles. The average molecular weight is 405 g/mol. The highest BCUT2D eigenvalue weighted by Crippen LogP contribution is 2.32. The van der Waals surface area contributed by atoms with Crippen molar-refractivity contribution in [3.63, 3.8) is 0 Å². The van der Waals surface area contributed by atoms with Gasteiger partial charge in [-0.2, -0.15) is 5.10 Å². The fourth-order valence-electron chi connectivity index (χ4n) is 2.60. The summed E-state index contributed by atoms with van der Waals surface area (Å²) in [6, 6.07) is 6.19. The molecule has 0 atom stereocenters. The molecular weight excluding hydrogens is 388 g/mol. The summed E-state index contributed by atoms with van der Waals surface area (Å²) in [7, 11) is 0. The SMILES string of the molecule is CC(C)n1ccc(C(=O)NN(C(N)=S)c2ccc3[nH]ncc3c2Cl)cc1=O. The van der Waals surface area contributed by atoms with Crippen molar-refractivity contribution < 1.29 is 4.79 Å². The number of H-pyrrole nitrogens is 1. The van der Waals surface area contributed by atoms with E-state index in [2.05, 4.69) is 15.6 Å². The number of aromatic nitrogens is 3. The molecular formula is C17H17ClN6O2S. The van der Waals surface area contributed by atoms with E-state index >= 15 is 0 Å². The van der Waals surface area contributed by atoms with Gasteiger partial charge in [-0.15, -0.1) is 0 Å². The third-order valence-electron chi connectivity index (χ3n) is 3.98. The minimum atomic E-state index is -0.542. The quantitative estimate of drug-likeness (QED) is 0.456. The number of carbonyl (C=O) groups is 1. The van der Waals surface area contributed by atoms with Gasteiger partial charge in [-0.25, -0.2) is 5.01 Å². The molecule has 0 radical (unpaired) electrons. The Hall–Kier alpha value is -2.91. The number of nitrogens with zero attached hydrogens (tertiary/aromatic N) is 3. The Morgan fingerprint density at radius 3 is 2.78 bits per heavy atom. The smallest absolute Gasteiger partial charge is 0.270 e. The van der Waals surface area contributed by atoms with Crippen LogP contribution in [-0.4, -0.2) is 25.8 Å². The number of rotatable bonds is 3. The fourth-order valence-corrected chi connectivity index (χ4v) is 3.04. The van der Waals surface area contributed by atoms with Crippen LogP contribution >= 0.6 is 23.8 Å². The molecule has 8 nitrogen and oxygen atoms in total. The molecule has 3 aromatic rings. The maximum atomic E-state index is 12.6. The summed E-state index contributed by atoms with van der Waals surface area (Å²) in [5.41, 5.74) is 9.38. The van der Waals surface area contributed by atoms with Crippen LogP contribution in [0.4, 0.5) is 5.69 Å². The Bertz CT molecular complexity index is 1090. The highest BCUT2D eigenvalue weighted by atomic mass is 35.5. The largest absolute Gasteiger partial charge is 0.374 e. The van der Waals surface area contributed by atoms with Gasteiger partial charge in [-0.05, 0) is 44.3 Å². The zero-order chi connectivity index (χ0) is 19.7. The van der Waals surface area contributed by atoms with Gasteiger partial charge in [0.2, 0.25) is 0 Å². The number of pyridine rings is 1. The summed E-state index contributed by atoms with van der Waals surface area (Å²) in [6.07, 6.45) is 3.13. The van der Waals surface area contributed by atoms with E-state index in [-0.39, 0.29) is 22.3 Å². The van der Waals surface area contributed by atoms with E-state index in [4.69, 9.17) is 29.6 Å². The second-order valence-corrected chi connectivity index (χ2v) is 6.90. The number of anilines is 1. The lowest BCUT2D eigenvalue weighted by molar-refractivity contribution is 0.0954. The number of hydrogen-bond donors (Lipinski definition) is 3. The third-order valence-corrected chi connectivity index (χ3v) is 4.56. The maximum absolute atomic E-state index is 12.6. The van der Waals surface area contributed by atoms with E-state index in [1.807, 2.05) is 13.8 Å². The van der Waals surface area contributed by atoms with Crippen molar-refractivity contribution in [3.8, 4) is 0 Å². The molecule has 0 spiro atoms. The molecule has 0 aliphatic rings. The van der Waals surface area contributed by atoms with Crippen LogP contribution in [0.2, 0.25) is 5.02 Å². The predicted molar refractivity (Wildman–Crippen MR) is 109 cm³/mol. The molecule has 10 heteroatoms. The van der Waals surface area contributed by atoms with Gasteiger partial charge < -0.3 is 10.3 Å². The molecule has 0 aliphatic heterocycles. The van der Waals surface area contributed by atoms with Crippen LogP contribution < -0.4 is 21.7 Å². The standard InChI is InChI=1S/C17H17ClN6O2S/c1-9(2)23-6-5-10(7-14(23)25)16(26)22-24(17(19)27)13-4-3-12-11(15(13)18)8-20-21-12/h3-9H,1-2H3,(H2,19,27)(H,20,21)(H,22,26). The lowest BCUT2D eigenvalue weighted by atomic mass is 10.2. The van der Waals surface area contributed by atoms with Crippen LogP contribution in [0.1, 0.15) is 30.2 Å². The minimum absolute atomic E-state index is 0.0109. The molecule has 0 saturated heterocycles. The number of amides is 1. The van der Waals surface area contributed by atoms with Gasteiger partial charge in [-0.1, -0.05) is 11.6 Å². The van der Waals surface area contributed by atoms with Crippen molar-refractivity contribution in [1.82, 2.24) is 20.2 Å². The van der Waals surface area contributed by atoms with Crippen molar-refractivity contribution >= 4 is 51.4 Å². The number of hydrogen-bond acceptors (Lipinski definition) is 4. The lowest BCUT2D eigenvalue weighted by Gasteiger charge is -2.24. The molecule has 140 valence electrons. The second-order valence-electron chi connectivity index (χ2n) is 6.10. The predicted octanol–water partition coefficient (Wildman–Crippen LogP) is 2.35. The van der Waals surface area contributed by atoms with Crippen molar-refractivity contribution in [2.45, 2.75) is 19.9 Å². The zero-order valence-corrected chi connectivity index (χ0v) is 16.1. The summed E-state index contributed by atoms with van der Waals surface area (Å²) in [4.78, 5) is 24.7. The summed E-state index contributed by atoms with van der Waals surface area (Å²) in [5.74, 6) is -0.542. The number of carbonyl (C=O) groups excluding carboxylic acids is 1. The Morgan fingerprint density at radius 1 is 1.41 bits per heavy atom. The first-order valence-corrected chi connectivity index (χ1v) is 8.82. The highest BCUT2D eigenvalue weighted by molar-refractivity contribution is 7.80. The molecule has 0 bridgehead atoms. The summed E-state index contributed by atoms with van der Waals surface area (Å²) < 4.78 is 1.52. The maximum Gasteiger partial charge on any atom is 0.270 e. The fraction of sp³-hybridized carbons (Fsp3) is 0.176. The van der Waals surface area contributed by atoms with Gasteiger partial charge in [0.1, 0.15) is 0 Å². The first-order chi connectivity index (χ1) is 12.8. The van der Waals surface area contributed by atoms with E-state index in [1.54, 1.807) is 30.6 Å². The molecule has 4 N–H and O–H groups in total. The highest BCUT2D eigenvalue weighted by Gasteiger charge is 2.19. The van der Waals surface area contributed by atoms with Gasteiger partial charge in [-0.3, -0.25) is 20.1 Å². The number of hydrazine groups is 1. The molecule has 0 aliphatic carbocycles. The van der Waals surface area contributed by atoms with Crippen molar-refractivity contribution in [1.29, 1.82) is 0 Å². The molecule has 27 heavy (non-hydrogen) atoms. The number of nitrogens with one attached hydrogen (secondary N) is 2. The summed E-state index contributed by atoms with van der Waals surface area (Å²) in [6.45, 7) is 3.76. The molecule has 0 unspecified atom stereocenters. The lowest BCUT2D eigenvalue weighted by Crippen LogP contribution is -2.49. The van der Waals surface area contributed by atoms with Gasteiger partial charge in [0.15, 0.2) is 5.11 Å². The normalized spacial score (nSPS) is 11.0. The van der Waals surface area contributed by atoms with Crippen LogP contribution in [0.15, 0.2) is 41.5 Å². The van der Waals surface area contributed by atoms with Crippen molar-refractivity contribution in [2.75, 3.05) is 5.01 Å². The van der Waals surface area contributed by atoms with Crippen molar-refractivity contribution in [3.05, 3.63) is 57.6 Å². The van der Waals surface area contributed by atoms with Crippen molar-refractivity contribution in [2.24, 2.45) is 5.73 Å². The molecule has 2 heterocycles. The first kappa shape index (κ1) is 18.9. The van der Waals surface area contributed by atoms with Crippen LogP contribution in [0.5, 0.6) is 0 Å². The topological polar surface area (TPSA) is 109 Å². The molecule has 1 amide bonds. The van der Waals surface area contributed by atoms with Crippen LogP contribution in [0.25, 0.3) is 10.9 Å². The van der Waals surface area contributed by atoms with E-state index in [1.165, 1.54) is 15.6 Å². The molecule has 3 rings (SSSR count). The van der Waals surface area contributed by atoms with E-state index in [0.717, 1.165) is 5.52 Å². The number of fused-ring (bicyclic) bond motifs is 1. The second kappa shape index (κ2) is 7.37. The van der Waals surface area contributed by atoms with Crippen LogP contribution in [0.3, 0.4) is 0 Å². The third kappa shape index (κ3) is 3.64. The average Bonchev–Trinajstić information content (AvgIpc) is 3.09. The van der Waals surface area contributed by atoms with Gasteiger partial charge in [0.25, 0.3) is 11.5 Å². The number of aromatic amines is 1. The van der Waals surface area contributed by atoms with Crippen LogP contribution in [-0.2, 0) is 0 Å². The number of benzene rings is 1. The van der Waals surface area contributed by atoms with Gasteiger partial charge in [0.05, 0.1) is 22.4 Å². The summed E-state index contributed by atoms with van der Waals surface area (Å²) in [5, 5.41) is 8.80. The zero-order valence-electron chi connectivity index (χ0n) is 14.6. The Morgan fingerprint density at radius 2 is 2.15 bits per heavy atom. The van der Waals surface area contributed by atoms with Crippen LogP contribution in [0, 0.1) is 0 Å². The number of thiocarbonyl (C=S) groups is 1. The number of halogens is 1. The van der Waals surface area contributed by atoms with E-state index in [9.17, 15) is 9.59 Å². The van der Waals surface area contributed by atoms with E-state index in [0.29, 0.717) is 16.1 Å². The van der Waals surface area contributed by atoms with Gasteiger partial charge >= 0.3 is 0 Å². The minimum Gasteiger partial charge on any atom is -0.374 e. The first-order valence-electron chi connectivity index (χ1n) is 8.04. The monoisotopic (exact) mass is 404 g/mol. The van der Waals surface area contributed by atoms with Gasteiger partial charge in [0, 0.05) is 29.3 Å². The van der Waals surface area contributed by atoms with E-state index < -0.39 is 5.91 Å². The Labute approximate surface area is 164 Å². The number of nitrogens with two attached hydrogens (primary N) is 1. The molecule has 1 aromatic carbocycles. The summed E-state index contributed by atoms with van der Waals surface area (Å²) >= 11 is 11.5.